The van der Waals surface area contributed by atoms with Crippen LogP contribution in [-0.2, 0) is 0 Å². The van der Waals surface area contributed by atoms with Crippen molar-refractivity contribution in [2.24, 2.45) is 0 Å². The predicted octanol–water partition coefficient (Wildman–Crippen LogP) is 7.85. The highest BCUT2D eigenvalue weighted by Gasteiger charge is 2.10. The maximum absolute atomic E-state index is 6.20. The second kappa shape index (κ2) is 12.6. The largest absolute Gasteiger partial charge is 0.493 e. The number of hydrogen-bond acceptors (Lipinski definition) is 2. The van der Waals surface area contributed by atoms with Crippen molar-refractivity contribution in [3.05, 3.63) is 35.9 Å². The Kier molecular flexibility index (Phi) is 10.1. The van der Waals surface area contributed by atoms with Crippen LogP contribution in [0.3, 0.4) is 0 Å². The first-order valence-electron chi connectivity index (χ1n) is 11.1. The average molecular weight is 371 g/mol. The summed E-state index contributed by atoms with van der Waals surface area (Å²) < 4.78 is 12.3. The molecular formula is C25H38O2. The Morgan fingerprint density at radius 3 is 1.93 bits per heavy atom. The molecule has 0 aliphatic rings. The van der Waals surface area contributed by atoms with Gasteiger partial charge in [-0.1, -0.05) is 89.5 Å². The zero-order valence-electron chi connectivity index (χ0n) is 17.7. The lowest BCUT2D eigenvalue weighted by atomic mass is 10.0. The van der Waals surface area contributed by atoms with Crippen LogP contribution in [0, 0.1) is 6.92 Å². The highest BCUT2D eigenvalue weighted by Crippen LogP contribution is 2.35. The Balaban J connectivity index is 1.96. The maximum atomic E-state index is 6.20. The van der Waals surface area contributed by atoms with Crippen LogP contribution in [0.2, 0.25) is 0 Å². The molecule has 0 amide bonds. The molecule has 27 heavy (non-hydrogen) atoms. The zero-order valence-corrected chi connectivity index (χ0v) is 17.7. The first-order chi connectivity index (χ1) is 13.3. The standard InChI is InChI=1S/C25H38O2/c1-4-6-8-10-12-19-26-24-16-14-15-23-22(24)18-17-21(3)25(23)27-20-13-11-9-7-5-2/h14-18H,4-13,19-20H2,1-3H3. The number of fused-ring (bicyclic) bond motifs is 1. The molecule has 0 atom stereocenters. The summed E-state index contributed by atoms with van der Waals surface area (Å²) in [5.74, 6) is 2.01. The van der Waals surface area contributed by atoms with E-state index in [0.29, 0.717) is 0 Å². The van der Waals surface area contributed by atoms with Crippen molar-refractivity contribution in [1.82, 2.24) is 0 Å². The molecule has 2 heteroatoms. The number of benzene rings is 2. The molecule has 0 saturated carbocycles. The highest BCUT2D eigenvalue weighted by atomic mass is 16.5. The first-order valence-corrected chi connectivity index (χ1v) is 11.1. The van der Waals surface area contributed by atoms with Gasteiger partial charge in [0.1, 0.15) is 11.5 Å². The molecule has 2 aromatic rings. The van der Waals surface area contributed by atoms with Crippen LogP contribution in [0.25, 0.3) is 10.8 Å². The van der Waals surface area contributed by atoms with Crippen LogP contribution in [-0.4, -0.2) is 13.2 Å². The van der Waals surface area contributed by atoms with E-state index in [2.05, 4.69) is 51.1 Å². The van der Waals surface area contributed by atoms with Crippen molar-refractivity contribution in [3.63, 3.8) is 0 Å². The summed E-state index contributed by atoms with van der Waals surface area (Å²) in [7, 11) is 0. The van der Waals surface area contributed by atoms with Crippen LogP contribution in [0.4, 0.5) is 0 Å². The predicted molar refractivity (Wildman–Crippen MR) is 117 cm³/mol. The summed E-state index contributed by atoms with van der Waals surface area (Å²) in [6, 6.07) is 10.7. The molecule has 2 rings (SSSR count). The van der Waals surface area contributed by atoms with E-state index in [4.69, 9.17) is 9.47 Å². The molecular weight excluding hydrogens is 332 g/mol. The third-order valence-electron chi connectivity index (χ3n) is 5.17. The van der Waals surface area contributed by atoms with E-state index in [-0.39, 0.29) is 0 Å². The van der Waals surface area contributed by atoms with Crippen molar-refractivity contribution in [2.45, 2.75) is 85.0 Å². The first kappa shape index (κ1) is 21.6. The lowest BCUT2D eigenvalue weighted by Gasteiger charge is -2.15. The summed E-state index contributed by atoms with van der Waals surface area (Å²) in [6.07, 6.45) is 12.6. The molecule has 0 aliphatic carbocycles. The van der Waals surface area contributed by atoms with Crippen LogP contribution in [0.1, 0.15) is 83.6 Å². The van der Waals surface area contributed by atoms with Gasteiger partial charge >= 0.3 is 0 Å². The lowest BCUT2D eigenvalue weighted by Crippen LogP contribution is -2.01. The molecule has 150 valence electrons. The van der Waals surface area contributed by atoms with Gasteiger partial charge in [-0.3, -0.25) is 0 Å². The summed E-state index contributed by atoms with van der Waals surface area (Å²) in [6.45, 7) is 8.23. The van der Waals surface area contributed by atoms with Gasteiger partial charge in [0.05, 0.1) is 13.2 Å². The molecule has 0 fully saturated rings. The smallest absolute Gasteiger partial charge is 0.130 e. The van der Waals surface area contributed by atoms with Crippen LogP contribution < -0.4 is 9.47 Å². The van der Waals surface area contributed by atoms with Gasteiger partial charge in [0, 0.05) is 10.8 Å². The van der Waals surface area contributed by atoms with Crippen LogP contribution >= 0.6 is 0 Å². The molecule has 0 N–H and O–H groups in total. The van der Waals surface area contributed by atoms with Crippen molar-refractivity contribution in [2.75, 3.05) is 13.2 Å². The molecule has 2 nitrogen and oxygen atoms in total. The van der Waals surface area contributed by atoms with Gasteiger partial charge in [-0.05, 0) is 31.4 Å². The average Bonchev–Trinajstić information content (AvgIpc) is 2.68. The Hall–Kier alpha value is -1.70. The van der Waals surface area contributed by atoms with E-state index in [1.54, 1.807) is 0 Å². The third kappa shape index (κ3) is 7.08. The van der Waals surface area contributed by atoms with Crippen molar-refractivity contribution >= 4 is 10.8 Å². The second-order valence-corrected chi connectivity index (χ2v) is 7.59. The van der Waals surface area contributed by atoms with E-state index >= 15 is 0 Å². The van der Waals surface area contributed by atoms with Gasteiger partial charge in [-0.15, -0.1) is 0 Å². The highest BCUT2D eigenvalue weighted by molar-refractivity contribution is 5.94. The Morgan fingerprint density at radius 1 is 0.630 bits per heavy atom. The van der Waals surface area contributed by atoms with E-state index in [0.717, 1.165) is 42.9 Å². The van der Waals surface area contributed by atoms with Gasteiger partial charge in [-0.2, -0.15) is 0 Å². The third-order valence-corrected chi connectivity index (χ3v) is 5.17. The topological polar surface area (TPSA) is 18.5 Å². The summed E-state index contributed by atoms with van der Waals surface area (Å²) in [5, 5.41) is 2.34. The summed E-state index contributed by atoms with van der Waals surface area (Å²) in [4.78, 5) is 0. The minimum atomic E-state index is 0.796. The number of rotatable bonds is 14. The van der Waals surface area contributed by atoms with Gasteiger partial charge < -0.3 is 9.47 Å². The molecule has 0 aliphatic heterocycles. The molecule has 2 aromatic carbocycles. The van der Waals surface area contributed by atoms with Crippen molar-refractivity contribution < 1.29 is 9.47 Å². The molecule has 0 saturated heterocycles. The number of ether oxygens (including phenoxy) is 2. The summed E-state index contributed by atoms with van der Waals surface area (Å²) >= 11 is 0. The molecule has 0 spiro atoms. The molecule has 0 bridgehead atoms. The molecule has 0 aromatic heterocycles. The molecule has 0 radical (unpaired) electrons. The van der Waals surface area contributed by atoms with E-state index in [1.807, 2.05) is 0 Å². The number of unbranched alkanes of at least 4 members (excludes halogenated alkanes) is 8. The van der Waals surface area contributed by atoms with E-state index < -0.39 is 0 Å². The quantitative estimate of drug-likeness (QED) is 0.315. The van der Waals surface area contributed by atoms with Crippen LogP contribution in [0.5, 0.6) is 11.5 Å². The minimum absolute atomic E-state index is 0.796. The second-order valence-electron chi connectivity index (χ2n) is 7.59. The fourth-order valence-corrected chi connectivity index (χ4v) is 3.50. The lowest BCUT2D eigenvalue weighted by molar-refractivity contribution is 0.304. The van der Waals surface area contributed by atoms with E-state index in [9.17, 15) is 0 Å². The monoisotopic (exact) mass is 370 g/mol. The van der Waals surface area contributed by atoms with Crippen molar-refractivity contribution in [3.8, 4) is 11.5 Å². The Bertz CT molecular complexity index is 663. The van der Waals surface area contributed by atoms with Gasteiger partial charge in [0.25, 0.3) is 0 Å². The van der Waals surface area contributed by atoms with Gasteiger partial charge in [0.15, 0.2) is 0 Å². The molecule has 0 unspecified atom stereocenters. The Labute approximate surface area is 166 Å². The fraction of sp³-hybridized carbons (Fsp3) is 0.600. The Morgan fingerprint density at radius 2 is 1.26 bits per heavy atom. The van der Waals surface area contributed by atoms with Crippen LogP contribution in [0.15, 0.2) is 30.3 Å². The molecule has 0 heterocycles. The zero-order chi connectivity index (χ0) is 19.3. The van der Waals surface area contributed by atoms with Gasteiger partial charge in [0.2, 0.25) is 0 Å². The van der Waals surface area contributed by atoms with Crippen molar-refractivity contribution in [1.29, 1.82) is 0 Å². The normalized spacial score (nSPS) is 11.1. The van der Waals surface area contributed by atoms with Gasteiger partial charge in [-0.25, -0.2) is 0 Å². The fourth-order valence-electron chi connectivity index (χ4n) is 3.50. The number of hydrogen-bond donors (Lipinski definition) is 0. The summed E-state index contributed by atoms with van der Waals surface area (Å²) in [5.41, 5.74) is 1.20. The van der Waals surface area contributed by atoms with E-state index in [1.165, 1.54) is 62.3 Å². The maximum Gasteiger partial charge on any atom is 0.130 e. The number of aryl methyl sites for hydroxylation is 1. The SMILES string of the molecule is CCCCCCCOc1cccc2c(OCCCCCCC)c(C)ccc12. The minimum Gasteiger partial charge on any atom is -0.493 e.